The molecule has 1 aliphatic rings. The summed E-state index contributed by atoms with van der Waals surface area (Å²) in [6.45, 7) is -0.0928. The number of phosphoric ester groups is 1. The minimum Gasteiger partial charge on any atom is -0.756 e. The number of ether oxygens (including phenoxy) is 2. The van der Waals surface area contributed by atoms with E-state index in [0.717, 1.165) is 0 Å². The number of hydrogen-bond acceptors (Lipinski definition) is 14. The highest BCUT2D eigenvalue weighted by Gasteiger charge is 2.47. The number of rotatable bonds is 18. The van der Waals surface area contributed by atoms with Gasteiger partial charge in [0.25, 0.3) is 7.82 Å². The Hall–Kier alpha value is -2.92. The van der Waals surface area contributed by atoms with Crippen molar-refractivity contribution in [2.75, 3.05) is 45.8 Å². The van der Waals surface area contributed by atoms with Crippen LogP contribution >= 0.6 is 7.82 Å². The number of amides is 1. The van der Waals surface area contributed by atoms with Gasteiger partial charge in [0, 0.05) is 44.1 Å². The normalized spacial score (nSPS) is 22.7. The van der Waals surface area contributed by atoms with Crippen LogP contribution in [-0.4, -0.2) is 94.0 Å². The number of nitrogens with one attached hydrogen (secondary N) is 1. The second-order valence-corrected chi connectivity index (χ2v) is 10.7. The minimum atomic E-state index is -4.95. The summed E-state index contributed by atoms with van der Waals surface area (Å²) in [6.07, 6.45) is -0.0355. The second-order valence-electron chi connectivity index (χ2n) is 9.36. The molecule has 18 nitrogen and oxygen atoms in total. The van der Waals surface area contributed by atoms with Gasteiger partial charge in [-0.05, 0) is 24.8 Å². The third-order valence-corrected chi connectivity index (χ3v) is 7.33. The van der Waals surface area contributed by atoms with Crippen molar-refractivity contribution < 1.29 is 43.0 Å². The first kappa shape index (κ1) is 32.6. The van der Waals surface area contributed by atoms with Crippen molar-refractivity contribution in [2.24, 2.45) is 11.0 Å². The van der Waals surface area contributed by atoms with E-state index in [2.05, 4.69) is 30.3 Å². The van der Waals surface area contributed by atoms with Crippen LogP contribution in [-0.2, 0) is 27.9 Å². The lowest BCUT2D eigenvalue weighted by Crippen LogP contribution is -2.37. The van der Waals surface area contributed by atoms with E-state index >= 15 is 0 Å². The van der Waals surface area contributed by atoms with Crippen molar-refractivity contribution in [1.82, 2.24) is 24.8 Å². The van der Waals surface area contributed by atoms with Crippen molar-refractivity contribution in [3.05, 3.63) is 23.1 Å². The molecule has 3 unspecified atom stereocenters. The summed E-state index contributed by atoms with van der Waals surface area (Å²) in [5.41, 5.74) is 14.6. The zero-order valence-electron chi connectivity index (χ0n) is 22.5. The fourth-order valence-corrected chi connectivity index (χ4v) is 5.28. The standard InChI is InChI=1S/C22H36N9O9P/c1-37-11-15-19(18(34)22(39-15)31-13-28-17-20(23)26-12-27-21(17)31)40-41(35,36)38-10-14(9-32)5-2-3-7-25-16(33)6-4-8-29-30-24/h12-15,18-19,22,32,34H,2-11H2,1H3,(H,25,33)(H,35,36)(H2,23,26,27)/p-1/t14?,15-,18+,19?,22-/m1/s1. The highest BCUT2D eigenvalue weighted by atomic mass is 31.2. The average molecular weight is 601 g/mol. The minimum absolute atomic E-state index is 0.0917. The van der Waals surface area contributed by atoms with Gasteiger partial charge in [-0.1, -0.05) is 11.5 Å². The van der Waals surface area contributed by atoms with Crippen LogP contribution in [0.1, 0.15) is 38.3 Å². The number of aliphatic hydroxyl groups excluding tert-OH is 2. The van der Waals surface area contributed by atoms with Gasteiger partial charge in [-0.2, -0.15) is 0 Å². The first-order valence-electron chi connectivity index (χ1n) is 13.0. The van der Waals surface area contributed by atoms with Gasteiger partial charge in [-0.15, -0.1) is 0 Å². The average Bonchev–Trinajstić information content (AvgIpc) is 3.50. The molecule has 0 bridgehead atoms. The molecule has 0 aromatic carbocycles. The molecule has 41 heavy (non-hydrogen) atoms. The number of phosphoric acid groups is 1. The Balaban J connectivity index is 1.49. The molecule has 5 N–H and O–H groups in total. The highest BCUT2D eigenvalue weighted by molar-refractivity contribution is 7.45. The number of nitrogen functional groups attached to an aromatic ring is 1. The summed E-state index contributed by atoms with van der Waals surface area (Å²) in [6, 6.07) is 0. The van der Waals surface area contributed by atoms with Gasteiger partial charge in [-0.3, -0.25) is 13.9 Å². The predicted octanol–water partition coefficient (Wildman–Crippen LogP) is 0.169. The first-order valence-corrected chi connectivity index (χ1v) is 14.4. The van der Waals surface area contributed by atoms with E-state index in [1.807, 2.05) is 0 Å². The number of methoxy groups -OCH3 is 1. The number of aromatic nitrogens is 4. The maximum Gasteiger partial charge on any atom is 0.268 e. The number of anilines is 1. The van der Waals surface area contributed by atoms with Gasteiger partial charge in [0.2, 0.25) is 5.91 Å². The van der Waals surface area contributed by atoms with E-state index in [-0.39, 0.29) is 55.7 Å². The molecule has 228 valence electrons. The SMILES string of the molecule is COC[C@H]1O[C@@H](n2cnc3c(N)ncnc32)[C@@H](O)C1OP(=O)([O-])OCC(CO)CCCCNC(=O)CCCN=[N+]=[N-]. The van der Waals surface area contributed by atoms with Crippen LogP contribution in [0.15, 0.2) is 17.8 Å². The van der Waals surface area contributed by atoms with Crippen LogP contribution < -0.4 is 15.9 Å². The topological polar surface area (TPSA) is 265 Å². The third kappa shape index (κ3) is 9.29. The van der Waals surface area contributed by atoms with Crippen molar-refractivity contribution in [1.29, 1.82) is 0 Å². The van der Waals surface area contributed by atoms with Crippen molar-refractivity contribution in [3.63, 3.8) is 0 Å². The molecule has 2 aromatic heterocycles. The molecule has 2 aromatic rings. The number of imidazole rings is 1. The summed E-state index contributed by atoms with van der Waals surface area (Å²) in [5, 5.41) is 26.8. The van der Waals surface area contributed by atoms with Gasteiger partial charge in [-0.25, -0.2) is 15.0 Å². The van der Waals surface area contributed by atoms with Crippen LogP contribution in [0.3, 0.4) is 0 Å². The number of hydrogen-bond donors (Lipinski definition) is 4. The van der Waals surface area contributed by atoms with E-state index in [0.29, 0.717) is 32.2 Å². The lowest BCUT2D eigenvalue weighted by molar-refractivity contribution is -0.235. The van der Waals surface area contributed by atoms with Gasteiger partial charge >= 0.3 is 0 Å². The molecule has 3 heterocycles. The number of fused-ring (bicyclic) bond motifs is 1. The molecule has 1 saturated heterocycles. The van der Waals surface area contributed by atoms with Crippen molar-refractivity contribution in [3.8, 4) is 0 Å². The Kier molecular flexibility index (Phi) is 12.6. The summed E-state index contributed by atoms with van der Waals surface area (Å²) >= 11 is 0. The van der Waals surface area contributed by atoms with Crippen LogP contribution in [0.2, 0.25) is 0 Å². The number of carbonyl (C=O) groups is 1. The van der Waals surface area contributed by atoms with E-state index in [1.165, 1.54) is 24.3 Å². The smallest absolute Gasteiger partial charge is 0.268 e. The van der Waals surface area contributed by atoms with Crippen LogP contribution in [0, 0.1) is 5.92 Å². The van der Waals surface area contributed by atoms with Crippen molar-refractivity contribution >= 4 is 30.7 Å². The molecule has 0 aliphatic carbocycles. The molecular formula is C22H35N9O9P-. The molecule has 0 saturated carbocycles. The number of aliphatic hydroxyl groups is 2. The summed E-state index contributed by atoms with van der Waals surface area (Å²) < 4.78 is 35.3. The zero-order chi connectivity index (χ0) is 29.8. The number of nitrogens with zero attached hydrogens (tertiary/aromatic N) is 7. The molecule has 1 aliphatic heterocycles. The molecule has 3 rings (SSSR count). The lowest BCUT2D eigenvalue weighted by Gasteiger charge is -2.30. The monoisotopic (exact) mass is 600 g/mol. The fraction of sp³-hybridized carbons (Fsp3) is 0.727. The molecule has 1 fully saturated rings. The van der Waals surface area contributed by atoms with Gasteiger partial charge < -0.3 is 44.7 Å². The van der Waals surface area contributed by atoms with Gasteiger partial charge in [0.1, 0.15) is 30.2 Å². The molecule has 1 amide bonds. The Morgan fingerprint density at radius 1 is 1.39 bits per heavy atom. The Morgan fingerprint density at radius 3 is 2.93 bits per heavy atom. The largest absolute Gasteiger partial charge is 0.756 e. The first-order chi connectivity index (χ1) is 19.7. The molecule has 0 radical (unpaired) electrons. The molecule has 6 atom stereocenters. The summed E-state index contributed by atoms with van der Waals surface area (Å²) in [4.78, 5) is 39.2. The summed E-state index contributed by atoms with van der Waals surface area (Å²) in [7, 11) is -3.57. The van der Waals surface area contributed by atoms with Crippen molar-refractivity contribution in [2.45, 2.75) is 56.6 Å². The van der Waals surface area contributed by atoms with E-state index in [9.17, 15) is 24.5 Å². The molecular weight excluding hydrogens is 565 g/mol. The highest BCUT2D eigenvalue weighted by Crippen LogP contribution is 2.46. The lowest BCUT2D eigenvalue weighted by atomic mass is 10.0. The fourth-order valence-electron chi connectivity index (χ4n) is 4.27. The Bertz CT molecular complexity index is 1230. The second kappa shape index (κ2) is 15.9. The zero-order valence-corrected chi connectivity index (χ0v) is 23.4. The number of carbonyl (C=O) groups excluding carboxylic acids is 1. The maximum absolute atomic E-state index is 12.7. The van der Waals surface area contributed by atoms with Crippen LogP contribution in [0.25, 0.3) is 21.6 Å². The molecule has 0 spiro atoms. The molecule has 19 heteroatoms. The van der Waals surface area contributed by atoms with E-state index < -0.39 is 38.3 Å². The number of nitrogens with two attached hydrogens (primary N) is 1. The summed E-state index contributed by atoms with van der Waals surface area (Å²) in [5.74, 6) is -0.535. The Morgan fingerprint density at radius 2 is 2.20 bits per heavy atom. The predicted molar refractivity (Wildman–Crippen MR) is 141 cm³/mol. The van der Waals surface area contributed by atoms with Gasteiger partial charge in [0.15, 0.2) is 17.7 Å². The Labute approximate surface area is 235 Å². The van der Waals surface area contributed by atoms with E-state index in [1.54, 1.807) is 0 Å². The number of unbranched alkanes of at least 4 members (excludes halogenated alkanes) is 1. The quantitative estimate of drug-likeness (QED) is 0.0585. The van der Waals surface area contributed by atoms with Crippen LogP contribution in [0.5, 0.6) is 0 Å². The van der Waals surface area contributed by atoms with Gasteiger partial charge in [0.05, 0.1) is 19.5 Å². The third-order valence-electron chi connectivity index (χ3n) is 6.37. The van der Waals surface area contributed by atoms with E-state index in [4.69, 9.17) is 29.8 Å². The van der Waals surface area contributed by atoms with Crippen LogP contribution in [0.4, 0.5) is 5.82 Å². The number of azide groups is 1. The maximum atomic E-state index is 12.7.